The van der Waals surface area contributed by atoms with Crippen LogP contribution in [0.15, 0.2) is 24.3 Å². The largest absolute Gasteiger partial charge is 0.388 e. The lowest BCUT2D eigenvalue weighted by atomic mass is 10.2. The number of β-amino-alcohol motifs (C(OH)–C–C–N with tert-alkyl or cyclic N) is 1. The third-order valence-corrected chi connectivity index (χ3v) is 3.71. The van der Waals surface area contributed by atoms with Gasteiger partial charge in [0.2, 0.25) is 0 Å². The molecule has 0 saturated carbocycles. The Balaban J connectivity index is 1.86. The normalized spacial score (nSPS) is 21.4. The van der Waals surface area contributed by atoms with Gasteiger partial charge in [0, 0.05) is 17.8 Å². The minimum Gasteiger partial charge on any atom is -0.388 e. The first-order chi connectivity index (χ1) is 10.5. The first kappa shape index (κ1) is 14.6. The summed E-state index contributed by atoms with van der Waals surface area (Å²) < 4.78 is 26.3. The molecule has 2 heterocycles. The lowest BCUT2D eigenvalue weighted by Crippen LogP contribution is -2.30. The summed E-state index contributed by atoms with van der Waals surface area (Å²) >= 11 is 0. The van der Waals surface area contributed by atoms with Crippen molar-refractivity contribution in [2.75, 3.05) is 13.1 Å². The van der Waals surface area contributed by atoms with Gasteiger partial charge in [0.1, 0.15) is 29.6 Å². The second-order valence-electron chi connectivity index (χ2n) is 5.36. The first-order valence-corrected chi connectivity index (χ1v) is 6.89. The van der Waals surface area contributed by atoms with E-state index in [0.29, 0.717) is 17.1 Å². The van der Waals surface area contributed by atoms with Gasteiger partial charge in [0.25, 0.3) is 5.91 Å². The van der Waals surface area contributed by atoms with Crippen LogP contribution in [0.3, 0.4) is 0 Å². The Kier molecular flexibility index (Phi) is 3.66. The van der Waals surface area contributed by atoms with Crippen molar-refractivity contribution in [3.63, 3.8) is 0 Å². The van der Waals surface area contributed by atoms with Gasteiger partial charge in [-0.05, 0) is 31.2 Å². The van der Waals surface area contributed by atoms with E-state index in [9.17, 15) is 18.7 Å². The monoisotopic (exact) mass is 307 g/mol. The fourth-order valence-corrected chi connectivity index (χ4v) is 2.48. The molecule has 7 heteroatoms. The van der Waals surface area contributed by atoms with Crippen molar-refractivity contribution >= 4 is 5.91 Å². The number of carbonyl (C=O) groups is 1. The molecule has 0 spiro atoms. The number of aromatic nitrogens is 2. The number of nitrogens with one attached hydrogen (secondary N) is 1. The molecule has 0 aliphatic carbocycles. The number of halogens is 2. The zero-order chi connectivity index (χ0) is 15.9. The van der Waals surface area contributed by atoms with Crippen LogP contribution < -0.4 is 0 Å². The van der Waals surface area contributed by atoms with Gasteiger partial charge in [-0.3, -0.25) is 4.79 Å². The maximum Gasteiger partial charge on any atom is 0.274 e. The average Bonchev–Trinajstić information content (AvgIpc) is 3.03. The van der Waals surface area contributed by atoms with Crippen LogP contribution in [-0.4, -0.2) is 51.2 Å². The highest BCUT2D eigenvalue weighted by molar-refractivity contribution is 5.94. The average molecular weight is 307 g/mol. The number of likely N-dealkylation sites (tertiary alicyclic amines) is 1. The lowest BCUT2D eigenvalue weighted by molar-refractivity contribution is 0.0758. The summed E-state index contributed by atoms with van der Waals surface area (Å²) in [4.78, 5) is 20.8. The van der Waals surface area contributed by atoms with E-state index in [2.05, 4.69) is 9.97 Å². The van der Waals surface area contributed by atoms with Crippen LogP contribution in [0.25, 0.3) is 11.4 Å². The van der Waals surface area contributed by atoms with E-state index < -0.39 is 18.2 Å². The fraction of sp³-hybridized carbons (Fsp3) is 0.333. The molecule has 2 N–H and O–H groups in total. The summed E-state index contributed by atoms with van der Waals surface area (Å²) in [5.41, 5.74) is 1.37. The fourth-order valence-electron chi connectivity index (χ4n) is 2.48. The summed E-state index contributed by atoms with van der Waals surface area (Å²) in [6, 6.07) is 5.72. The summed E-state index contributed by atoms with van der Waals surface area (Å²) in [5, 5.41) is 9.41. The van der Waals surface area contributed by atoms with Gasteiger partial charge in [0.05, 0.1) is 6.54 Å². The van der Waals surface area contributed by atoms with E-state index in [1.165, 1.54) is 17.0 Å². The van der Waals surface area contributed by atoms with E-state index in [4.69, 9.17) is 0 Å². The van der Waals surface area contributed by atoms with Gasteiger partial charge in [0.15, 0.2) is 0 Å². The molecule has 0 unspecified atom stereocenters. The van der Waals surface area contributed by atoms with Gasteiger partial charge in [-0.2, -0.15) is 0 Å². The van der Waals surface area contributed by atoms with E-state index in [1.807, 2.05) is 0 Å². The summed E-state index contributed by atoms with van der Waals surface area (Å²) in [7, 11) is 0. The number of H-pyrrole nitrogens is 1. The van der Waals surface area contributed by atoms with E-state index >= 15 is 0 Å². The summed E-state index contributed by atoms with van der Waals surface area (Å²) in [6.45, 7) is 1.50. The van der Waals surface area contributed by atoms with Crippen LogP contribution in [0.5, 0.6) is 0 Å². The molecule has 3 rings (SSSR count). The second-order valence-corrected chi connectivity index (χ2v) is 5.36. The maximum absolute atomic E-state index is 13.3. The number of imidazole rings is 1. The Morgan fingerprint density at radius 2 is 2.05 bits per heavy atom. The number of amides is 1. The molecule has 2 aromatic rings. The van der Waals surface area contributed by atoms with Gasteiger partial charge >= 0.3 is 0 Å². The Morgan fingerprint density at radius 1 is 1.36 bits per heavy atom. The van der Waals surface area contributed by atoms with Crippen molar-refractivity contribution in [2.45, 2.75) is 19.2 Å². The topological polar surface area (TPSA) is 69.2 Å². The number of aliphatic hydroxyl groups is 1. The molecule has 1 aliphatic rings. The van der Waals surface area contributed by atoms with Crippen LogP contribution in [0.1, 0.15) is 16.2 Å². The molecule has 116 valence electrons. The Hall–Kier alpha value is -2.28. The number of carbonyl (C=O) groups excluding carboxylic acids is 1. The second kappa shape index (κ2) is 5.49. The standard InChI is InChI=1S/C15H15F2N3O2/c1-8-13(15(22)20-6-11(17)12(21)7-20)19-14(18-8)9-2-4-10(16)5-3-9/h2-5,11-12,21H,6-7H2,1H3,(H,18,19)/t11-,12-/m1/s1. The molecule has 1 aliphatic heterocycles. The maximum atomic E-state index is 13.3. The van der Waals surface area contributed by atoms with Crippen molar-refractivity contribution in [3.05, 3.63) is 41.5 Å². The van der Waals surface area contributed by atoms with Gasteiger partial charge in [-0.15, -0.1) is 0 Å². The molecule has 1 amide bonds. The first-order valence-electron chi connectivity index (χ1n) is 6.89. The minimum absolute atomic E-state index is 0.0435. The molecular formula is C15H15F2N3O2. The molecule has 5 nitrogen and oxygen atoms in total. The smallest absolute Gasteiger partial charge is 0.274 e. The molecule has 1 saturated heterocycles. The van der Waals surface area contributed by atoms with Crippen LogP contribution >= 0.6 is 0 Å². The van der Waals surface area contributed by atoms with Crippen LogP contribution in [-0.2, 0) is 0 Å². The molecule has 0 bridgehead atoms. The van der Waals surface area contributed by atoms with Crippen molar-refractivity contribution in [2.24, 2.45) is 0 Å². The van der Waals surface area contributed by atoms with Crippen molar-refractivity contribution in [1.82, 2.24) is 14.9 Å². The number of hydrogen-bond acceptors (Lipinski definition) is 3. The Morgan fingerprint density at radius 3 is 2.64 bits per heavy atom. The summed E-state index contributed by atoms with van der Waals surface area (Å²) in [5.74, 6) is -0.345. The van der Waals surface area contributed by atoms with Crippen LogP contribution in [0.2, 0.25) is 0 Å². The zero-order valence-electron chi connectivity index (χ0n) is 11.9. The van der Waals surface area contributed by atoms with Gasteiger partial charge in [-0.1, -0.05) is 0 Å². The SMILES string of the molecule is Cc1[nH]c(-c2ccc(F)cc2)nc1C(=O)N1C[C@@H](O)[C@H](F)C1. The van der Waals surface area contributed by atoms with Crippen LogP contribution in [0, 0.1) is 12.7 Å². The van der Waals surface area contributed by atoms with Crippen molar-refractivity contribution < 1.29 is 18.7 Å². The van der Waals surface area contributed by atoms with E-state index in [0.717, 1.165) is 0 Å². The molecular weight excluding hydrogens is 292 g/mol. The van der Waals surface area contributed by atoms with Gasteiger partial charge in [-0.25, -0.2) is 13.8 Å². The number of rotatable bonds is 2. The van der Waals surface area contributed by atoms with Crippen molar-refractivity contribution in [3.8, 4) is 11.4 Å². The molecule has 2 atom stereocenters. The quantitative estimate of drug-likeness (QED) is 0.887. The van der Waals surface area contributed by atoms with E-state index in [1.54, 1.807) is 19.1 Å². The summed E-state index contributed by atoms with van der Waals surface area (Å²) in [6.07, 6.45) is -2.58. The molecule has 1 aromatic carbocycles. The zero-order valence-corrected chi connectivity index (χ0v) is 11.9. The number of hydrogen-bond donors (Lipinski definition) is 2. The number of aliphatic hydroxyl groups excluding tert-OH is 1. The number of aromatic amines is 1. The molecule has 22 heavy (non-hydrogen) atoms. The lowest BCUT2D eigenvalue weighted by Gasteiger charge is -2.13. The van der Waals surface area contributed by atoms with E-state index in [-0.39, 0.29) is 24.6 Å². The number of aryl methyl sites for hydroxylation is 1. The number of benzene rings is 1. The third kappa shape index (κ3) is 2.59. The predicted molar refractivity (Wildman–Crippen MR) is 75.5 cm³/mol. The predicted octanol–water partition coefficient (Wildman–Crippen LogP) is 1.68. The minimum atomic E-state index is -1.43. The highest BCUT2D eigenvalue weighted by Gasteiger charge is 2.35. The van der Waals surface area contributed by atoms with Crippen LogP contribution in [0.4, 0.5) is 8.78 Å². The Bertz CT molecular complexity index is 689. The van der Waals surface area contributed by atoms with Crippen molar-refractivity contribution in [1.29, 1.82) is 0 Å². The third-order valence-electron chi connectivity index (χ3n) is 3.71. The molecule has 0 radical (unpaired) electrons. The number of nitrogens with zero attached hydrogens (tertiary/aromatic N) is 2. The molecule has 1 fully saturated rings. The molecule has 1 aromatic heterocycles. The Labute approximate surface area is 125 Å². The highest BCUT2D eigenvalue weighted by atomic mass is 19.1. The number of alkyl halides is 1. The van der Waals surface area contributed by atoms with Gasteiger partial charge < -0.3 is 15.0 Å². The highest BCUT2D eigenvalue weighted by Crippen LogP contribution is 2.21.